The molecule has 0 aliphatic heterocycles. The van der Waals surface area contributed by atoms with Crippen LogP contribution in [0.15, 0.2) is 124 Å². The molecule has 238 valence electrons. The molecule has 5 rings (SSSR count). The quantitative estimate of drug-likeness (QED) is 0.0879. The van der Waals surface area contributed by atoms with Crippen molar-refractivity contribution < 1.29 is 19.1 Å². The van der Waals surface area contributed by atoms with Crippen LogP contribution in [0.3, 0.4) is 0 Å². The van der Waals surface area contributed by atoms with Crippen molar-refractivity contribution in [1.29, 1.82) is 0 Å². The molecule has 5 aromatic rings. The molecular weight excluding hydrogens is 696 g/mol. The Bertz CT molecular complexity index is 1890. The molecule has 0 radical (unpaired) electrons. The van der Waals surface area contributed by atoms with Crippen molar-refractivity contribution in [1.82, 2.24) is 10.3 Å². The van der Waals surface area contributed by atoms with E-state index in [2.05, 4.69) is 36.9 Å². The second-order valence-electron chi connectivity index (χ2n) is 10.2. The lowest BCUT2D eigenvalue weighted by atomic mass is 10.1. The molecule has 8 nitrogen and oxygen atoms in total. The van der Waals surface area contributed by atoms with Crippen molar-refractivity contribution in [3.05, 3.63) is 130 Å². The fraction of sp³-hybridized carbons (Fsp3) is 0.111. The fourth-order valence-corrected chi connectivity index (χ4v) is 6.60. The number of thioether (sulfide) groups is 1. The second-order valence-corrected chi connectivity index (χ2v) is 13.2. The van der Waals surface area contributed by atoms with Gasteiger partial charge < -0.3 is 20.7 Å². The summed E-state index contributed by atoms with van der Waals surface area (Å²) in [4.78, 5) is 45.1. The minimum absolute atomic E-state index is 0.0817. The Morgan fingerprint density at radius 1 is 0.936 bits per heavy atom. The van der Waals surface area contributed by atoms with Gasteiger partial charge in [0.25, 0.3) is 11.8 Å². The van der Waals surface area contributed by atoms with Crippen molar-refractivity contribution >= 4 is 73.6 Å². The van der Waals surface area contributed by atoms with Crippen molar-refractivity contribution in [2.75, 3.05) is 17.7 Å². The highest BCUT2D eigenvalue weighted by Crippen LogP contribution is 2.31. The Hall–Kier alpha value is -4.71. The Balaban J connectivity index is 1.26. The number of halogens is 1. The summed E-state index contributed by atoms with van der Waals surface area (Å²) in [6.45, 7) is 1.95. The van der Waals surface area contributed by atoms with Gasteiger partial charge in [-0.25, -0.2) is 4.98 Å². The van der Waals surface area contributed by atoms with Crippen LogP contribution in [-0.4, -0.2) is 35.1 Å². The molecular formula is C36H31BrN4O4S2. The smallest absolute Gasteiger partial charge is 0.272 e. The van der Waals surface area contributed by atoms with Crippen LogP contribution in [0.1, 0.15) is 29.3 Å². The summed E-state index contributed by atoms with van der Waals surface area (Å²) in [5.41, 5.74) is 3.46. The topological polar surface area (TPSA) is 109 Å². The second kappa shape index (κ2) is 16.2. The minimum Gasteiger partial charge on any atom is -0.497 e. The summed E-state index contributed by atoms with van der Waals surface area (Å²) in [6, 6.07) is 31.0. The Morgan fingerprint density at radius 2 is 1.70 bits per heavy atom. The number of carbonyl (C=O) groups is 3. The number of amides is 3. The molecule has 1 atom stereocenters. The van der Waals surface area contributed by atoms with E-state index in [-0.39, 0.29) is 11.6 Å². The molecule has 0 saturated heterocycles. The van der Waals surface area contributed by atoms with Crippen LogP contribution in [0, 0.1) is 0 Å². The lowest BCUT2D eigenvalue weighted by Crippen LogP contribution is -2.30. The summed E-state index contributed by atoms with van der Waals surface area (Å²) >= 11 is 6.21. The lowest BCUT2D eigenvalue weighted by molar-refractivity contribution is -0.116. The molecule has 0 aliphatic rings. The van der Waals surface area contributed by atoms with Crippen LogP contribution in [0.5, 0.6) is 5.75 Å². The highest BCUT2D eigenvalue weighted by atomic mass is 79.9. The summed E-state index contributed by atoms with van der Waals surface area (Å²) < 4.78 is 6.06. The van der Waals surface area contributed by atoms with E-state index in [1.807, 2.05) is 79.0 Å². The van der Waals surface area contributed by atoms with Crippen LogP contribution in [-0.2, 0) is 9.59 Å². The molecule has 3 amide bonds. The van der Waals surface area contributed by atoms with Gasteiger partial charge in [-0.3, -0.25) is 14.4 Å². The number of benzene rings is 4. The monoisotopic (exact) mass is 726 g/mol. The Kier molecular flexibility index (Phi) is 11.6. The van der Waals surface area contributed by atoms with Gasteiger partial charge in [0.15, 0.2) is 5.13 Å². The summed E-state index contributed by atoms with van der Waals surface area (Å²) in [6.07, 6.45) is 2.20. The molecule has 0 saturated carbocycles. The zero-order valence-corrected chi connectivity index (χ0v) is 28.7. The number of carbonyl (C=O) groups excluding carboxylic acids is 3. The normalized spacial score (nSPS) is 11.8. The van der Waals surface area contributed by atoms with Crippen LogP contribution < -0.4 is 20.7 Å². The average Bonchev–Trinajstić information content (AvgIpc) is 3.55. The zero-order valence-electron chi connectivity index (χ0n) is 25.5. The van der Waals surface area contributed by atoms with E-state index in [9.17, 15) is 14.4 Å². The number of nitrogens with one attached hydrogen (secondary N) is 3. The third-order valence-corrected chi connectivity index (χ3v) is 9.45. The van der Waals surface area contributed by atoms with Gasteiger partial charge in [0, 0.05) is 31.6 Å². The van der Waals surface area contributed by atoms with Crippen LogP contribution >= 0.6 is 39.0 Å². The van der Waals surface area contributed by atoms with Crippen molar-refractivity contribution in [3.63, 3.8) is 0 Å². The van der Waals surface area contributed by atoms with Crippen molar-refractivity contribution in [3.8, 4) is 17.0 Å². The SMILES string of the molecule is CCC(Sc1cccc(NC(=O)/C(=C\c2cccc(Br)c2)NC(=O)c2ccccc2)c1)C(=O)Nc1nc(-c2ccc(OC)cc2)cs1. The molecule has 1 aromatic heterocycles. The maximum Gasteiger partial charge on any atom is 0.272 e. The first-order chi connectivity index (χ1) is 22.8. The van der Waals surface area contributed by atoms with Gasteiger partial charge >= 0.3 is 0 Å². The van der Waals surface area contributed by atoms with Crippen molar-refractivity contribution in [2.24, 2.45) is 0 Å². The molecule has 11 heteroatoms. The predicted molar refractivity (Wildman–Crippen MR) is 194 cm³/mol. The van der Waals surface area contributed by atoms with Crippen molar-refractivity contribution in [2.45, 2.75) is 23.5 Å². The number of aromatic nitrogens is 1. The number of nitrogens with zero attached hydrogens (tertiary/aromatic N) is 1. The minimum atomic E-state index is -0.488. The highest BCUT2D eigenvalue weighted by Gasteiger charge is 2.21. The van der Waals surface area contributed by atoms with Gasteiger partial charge in [-0.05, 0) is 84.8 Å². The van der Waals surface area contributed by atoms with Gasteiger partial charge in [-0.1, -0.05) is 59.3 Å². The molecule has 1 unspecified atom stereocenters. The third kappa shape index (κ3) is 9.41. The number of methoxy groups -OCH3 is 1. The maximum absolute atomic E-state index is 13.5. The predicted octanol–water partition coefficient (Wildman–Crippen LogP) is 8.50. The number of hydrogen-bond donors (Lipinski definition) is 3. The first-order valence-corrected chi connectivity index (χ1v) is 17.2. The van der Waals surface area contributed by atoms with E-state index >= 15 is 0 Å². The van der Waals surface area contributed by atoms with Gasteiger partial charge in [0.2, 0.25) is 5.91 Å². The third-order valence-electron chi connectivity index (χ3n) is 6.84. The van der Waals surface area contributed by atoms with Gasteiger partial charge in [0.1, 0.15) is 11.4 Å². The van der Waals surface area contributed by atoms with E-state index in [1.165, 1.54) is 23.1 Å². The summed E-state index contributed by atoms with van der Waals surface area (Å²) in [5, 5.41) is 10.6. The van der Waals surface area contributed by atoms with E-state index in [0.29, 0.717) is 22.8 Å². The number of ether oxygens (including phenoxy) is 1. The zero-order chi connectivity index (χ0) is 33.2. The summed E-state index contributed by atoms with van der Waals surface area (Å²) in [5.74, 6) is -0.293. The van der Waals surface area contributed by atoms with E-state index in [4.69, 9.17) is 4.74 Å². The molecule has 3 N–H and O–H groups in total. The molecule has 0 aliphatic carbocycles. The molecule has 0 fully saturated rings. The maximum atomic E-state index is 13.5. The lowest BCUT2D eigenvalue weighted by Gasteiger charge is -2.15. The number of thiazole rings is 1. The fourth-order valence-electron chi connectivity index (χ4n) is 4.45. The van der Waals surface area contributed by atoms with Crippen LogP contribution in [0.25, 0.3) is 17.3 Å². The first-order valence-electron chi connectivity index (χ1n) is 14.6. The Morgan fingerprint density at radius 3 is 2.43 bits per heavy atom. The molecule has 0 bridgehead atoms. The van der Waals surface area contributed by atoms with Crippen LogP contribution in [0.4, 0.5) is 10.8 Å². The largest absolute Gasteiger partial charge is 0.497 e. The molecule has 1 heterocycles. The van der Waals surface area contributed by atoms with Crippen LogP contribution in [0.2, 0.25) is 0 Å². The highest BCUT2D eigenvalue weighted by molar-refractivity contribution is 9.10. The van der Waals surface area contributed by atoms with E-state index in [1.54, 1.807) is 49.6 Å². The van der Waals surface area contributed by atoms with E-state index in [0.717, 1.165) is 31.9 Å². The first kappa shape index (κ1) is 33.6. The Labute approximate surface area is 289 Å². The molecule has 0 spiro atoms. The molecule has 47 heavy (non-hydrogen) atoms. The summed E-state index contributed by atoms with van der Waals surface area (Å²) in [7, 11) is 1.62. The van der Waals surface area contributed by atoms with E-state index < -0.39 is 17.1 Å². The number of anilines is 2. The van der Waals surface area contributed by atoms with Gasteiger partial charge in [0.05, 0.1) is 18.1 Å². The molecule has 4 aromatic carbocycles. The number of hydrogen-bond acceptors (Lipinski definition) is 7. The average molecular weight is 728 g/mol. The number of rotatable bonds is 12. The standard InChI is InChI=1S/C36H31BrN4O4S2/c1-3-32(35(44)41-36-40-31(22-46-36)24-15-17-28(45-2)18-16-24)47-29-14-8-13-27(21-29)38-34(43)30(20-23-9-7-12-26(37)19-23)39-33(42)25-10-5-4-6-11-25/h4-22,32H,3H2,1-2H3,(H,38,43)(H,39,42)(H,40,41,44)/b30-20+. The van der Waals surface area contributed by atoms with Gasteiger partial charge in [-0.15, -0.1) is 23.1 Å². The van der Waals surface area contributed by atoms with Gasteiger partial charge in [-0.2, -0.15) is 0 Å².